The van der Waals surface area contributed by atoms with Crippen molar-refractivity contribution in [2.45, 2.75) is 6.61 Å². The Balaban J connectivity index is 2.37. The van der Waals surface area contributed by atoms with E-state index in [1.807, 2.05) is 12.1 Å². The van der Waals surface area contributed by atoms with Crippen LogP contribution in [0.4, 0.5) is 0 Å². The van der Waals surface area contributed by atoms with Crippen molar-refractivity contribution in [2.75, 3.05) is 0 Å². The van der Waals surface area contributed by atoms with Gasteiger partial charge in [-0.2, -0.15) is 0 Å². The van der Waals surface area contributed by atoms with E-state index in [2.05, 4.69) is 4.98 Å². The third-order valence-electron chi connectivity index (χ3n) is 2.39. The predicted molar refractivity (Wildman–Crippen MR) is 72.6 cm³/mol. The number of nitrogens with zero attached hydrogens (tertiary/aromatic N) is 1. The number of aliphatic hydroxyl groups excluding tert-OH is 1. The van der Waals surface area contributed by atoms with Gasteiger partial charge in [0.2, 0.25) is 5.88 Å². The van der Waals surface area contributed by atoms with Crippen LogP contribution in [0.15, 0.2) is 42.6 Å². The van der Waals surface area contributed by atoms with Gasteiger partial charge < -0.3 is 15.6 Å². The summed E-state index contributed by atoms with van der Waals surface area (Å²) in [6.07, 6.45) is 1.60. The maximum absolute atomic E-state index is 9.22. The van der Waals surface area contributed by atoms with E-state index in [4.69, 9.17) is 22.7 Å². The van der Waals surface area contributed by atoms with Crippen LogP contribution in [0.5, 0.6) is 11.6 Å². The van der Waals surface area contributed by atoms with E-state index in [1.165, 1.54) is 0 Å². The average molecular weight is 260 g/mol. The summed E-state index contributed by atoms with van der Waals surface area (Å²) in [4.78, 5) is 4.32. The molecule has 1 heterocycles. The van der Waals surface area contributed by atoms with Gasteiger partial charge in [0.05, 0.1) is 12.2 Å². The highest BCUT2D eigenvalue weighted by Crippen LogP contribution is 2.26. The lowest BCUT2D eigenvalue weighted by atomic mass is 10.2. The molecule has 0 saturated carbocycles. The fraction of sp³-hybridized carbons (Fsp3) is 0.0769. The molecule has 0 aliphatic heterocycles. The number of hydrogen-bond donors (Lipinski definition) is 2. The van der Waals surface area contributed by atoms with E-state index in [0.717, 1.165) is 0 Å². The molecule has 0 spiro atoms. The van der Waals surface area contributed by atoms with Gasteiger partial charge in [-0.25, -0.2) is 4.98 Å². The lowest BCUT2D eigenvalue weighted by Crippen LogP contribution is -2.11. The number of pyridine rings is 1. The first-order valence-corrected chi connectivity index (χ1v) is 5.74. The van der Waals surface area contributed by atoms with Gasteiger partial charge in [0.25, 0.3) is 0 Å². The van der Waals surface area contributed by atoms with E-state index < -0.39 is 0 Å². The van der Waals surface area contributed by atoms with Crippen molar-refractivity contribution in [1.29, 1.82) is 0 Å². The first kappa shape index (κ1) is 12.5. The van der Waals surface area contributed by atoms with Crippen molar-refractivity contribution in [2.24, 2.45) is 5.73 Å². The molecule has 3 N–H and O–H groups in total. The van der Waals surface area contributed by atoms with Crippen molar-refractivity contribution < 1.29 is 9.84 Å². The predicted octanol–water partition coefficient (Wildman–Crippen LogP) is 2.00. The molecule has 0 aliphatic carbocycles. The minimum Gasteiger partial charge on any atom is -0.438 e. The Labute approximate surface area is 110 Å². The van der Waals surface area contributed by atoms with E-state index in [0.29, 0.717) is 22.8 Å². The molecule has 0 amide bonds. The van der Waals surface area contributed by atoms with Gasteiger partial charge in [-0.15, -0.1) is 0 Å². The number of nitrogens with two attached hydrogens (primary N) is 1. The SMILES string of the molecule is NC(=S)c1cccnc1Oc1ccccc1CO. The Morgan fingerprint density at radius 3 is 2.78 bits per heavy atom. The van der Waals surface area contributed by atoms with Crippen molar-refractivity contribution >= 4 is 17.2 Å². The molecular weight excluding hydrogens is 248 g/mol. The van der Waals surface area contributed by atoms with Gasteiger partial charge in [0, 0.05) is 11.8 Å². The molecule has 0 unspecified atom stereocenters. The van der Waals surface area contributed by atoms with Crippen LogP contribution >= 0.6 is 12.2 Å². The maximum Gasteiger partial charge on any atom is 0.229 e. The topological polar surface area (TPSA) is 68.4 Å². The molecule has 0 bridgehead atoms. The molecule has 0 saturated heterocycles. The average Bonchev–Trinajstić information content (AvgIpc) is 2.40. The summed E-state index contributed by atoms with van der Waals surface area (Å²) in [6.45, 7) is -0.106. The van der Waals surface area contributed by atoms with Gasteiger partial charge in [0.15, 0.2) is 0 Å². The Morgan fingerprint density at radius 1 is 1.28 bits per heavy atom. The second-order valence-corrected chi connectivity index (χ2v) is 4.03. The van der Waals surface area contributed by atoms with Crippen LogP contribution in [-0.4, -0.2) is 15.1 Å². The Morgan fingerprint density at radius 2 is 2.06 bits per heavy atom. The van der Waals surface area contributed by atoms with E-state index in [1.54, 1.807) is 30.5 Å². The van der Waals surface area contributed by atoms with Crippen LogP contribution < -0.4 is 10.5 Å². The number of ether oxygens (including phenoxy) is 1. The third kappa shape index (κ3) is 2.64. The second kappa shape index (κ2) is 5.57. The third-order valence-corrected chi connectivity index (χ3v) is 2.61. The quantitative estimate of drug-likeness (QED) is 0.823. The summed E-state index contributed by atoms with van der Waals surface area (Å²) in [5.74, 6) is 0.877. The zero-order valence-corrected chi connectivity index (χ0v) is 10.4. The molecule has 92 valence electrons. The summed E-state index contributed by atoms with van der Waals surface area (Å²) in [5.41, 5.74) is 6.85. The molecule has 0 atom stereocenters. The maximum atomic E-state index is 9.22. The van der Waals surface area contributed by atoms with Crippen LogP contribution in [0.1, 0.15) is 11.1 Å². The molecule has 4 nitrogen and oxygen atoms in total. The first-order valence-electron chi connectivity index (χ1n) is 5.34. The summed E-state index contributed by atoms with van der Waals surface area (Å²) in [5, 5.41) is 9.22. The van der Waals surface area contributed by atoms with Gasteiger partial charge in [-0.3, -0.25) is 0 Å². The van der Waals surface area contributed by atoms with E-state index in [9.17, 15) is 5.11 Å². The lowest BCUT2D eigenvalue weighted by Gasteiger charge is -2.11. The van der Waals surface area contributed by atoms with E-state index in [-0.39, 0.29) is 11.6 Å². The Bertz CT molecular complexity index is 572. The van der Waals surface area contributed by atoms with Crippen LogP contribution in [-0.2, 0) is 6.61 Å². The summed E-state index contributed by atoms with van der Waals surface area (Å²) in [7, 11) is 0. The lowest BCUT2D eigenvalue weighted by molar-refractivity contribution is 0.276. The zero-order chi connectivity index (χ0) is 13.0. The first-order chi connectivity index (χ1) is 8.72. The van der Waals surface area contributed by atoms with Crippen LogP contribution in [0, 0.1) is 0 Å². The van der Waals surface area contributed by atoms with Crippen molar-refractivity contribution in [1.82, 2.24) is 4.98 Å². The number of aromatic nitrogens is 1. The molecule has 0 radical (unpaired) electrons. The van der Waals surface area contributed by atoms with Crippen LogP contribution in [0.2, 0.25) is 0 Å². The molecule has 0 fully saturated rings. The molecule has 1 aromatic carbocycles. The highest BCUT2D eigenvalue weighted by atomic mass is 32.1. The van der Waals surface area contributed by atoms with Crippen molar-refractivity contribution in [3.63, 3.8) is 0 Å². The number of rotatable bonds is 4. The van der Waals surface area contributed by atoms with Gasteiger partial charge in [-0.1, -0.05) is 30.4 Å². The molecule has 0 aliphatic rings. The molecule has 5 heteroatoms. The number of para-hydroxylation sites is 1. The molecule has 18 heavy (non-hydrogen) atoms. The minimum absolute atomic E-state index is 0.106. The molecule has 2 aromatic rings. The number of benzene rings is 1. The van der Waals surface area contributed by atoms with Crippen LogP contribution in [0.25, 0.3) is 0 Å². The smallest absolute Gasteiger partial charge is 0.229 e. The van der Waals surface area contributed by atoms with Gasteiger partial charge in [-0.05, 0) is 18.2 Å². The van der Waals surface area contributed by atoms with Crippen molar-refractivity contribution in [3.8, 4) is 11.6 Å². The summed E-state index contributed by atoms with van der Waals surface area (Å²) < 4.78 is 5.65. The summed E-state index contributed by atoms with van der Waals surface area (Å²) in [6, 6.07) is 10.6. The monoisotopic (exact) mass is 260 g/mol. The second-order valence-electron chi connectivity index (χ2n) is 3.59. The largest absolute Gasteiger partial charge is 0.438 e. The highest BCUT2D eigenvalue weighted by Gasteiger charge is 2.10. The normalized spacial score (nSPS) is 10.1. The number of hydrogen-bond acceptors (Lipinski definition) is 4. The molecular formula is C13H12N2O2S. The van der Waals surface area contributed by atoms with Crippen molar-refractivity contribution in [3.05, 3.63) is 53.7 Å². The molecule has 2 rings (SSSR count). The highest BCUT2D eigenvalue weighted by molar-refractivity contribution is 7.80. The Hall–Kier alpha value is -1.98. The standard InChI is InChI=1S/C13H12N2O2S/c14-12(18)10-5-3-7-15-13(10)17-11-6-2-1-4-9(11)8-16/h1-7,16H,8H2,(H2,14,18). The van der Waals surface area contributed by atoms with Gasteiger partial charge in [0.1, 0.15) is 10.7 Å². The molecule has 1 aromatic heterocycles. The van der Waals surface area contributed by atoms with Gasteiger partial charge >= 0.3 is 0 Å². The fourth-order valence-corrected chi connectivity index (χ4v) is 1.65. The fourth-order valence-electron chi connectivity index (χ4n) is 1.50. The Kier molecular flexibility index (Phi) is 3.86. The number of aliphatic hydroxyl groups is 1. The zero-order valence-electron chi connectivity index (χ0n) is 9.54. The summed E-state index contributed by atoms with van der Waals surface area (Å²) >= 11 is 4.94. The number of thiocarbonyl (C=S) groups is 1. The van der Waals surface area contributed by atoms with Crippen LogP contribution in [0.3, 0.4) is 0 Å². The van der Waals surface area contributed by atoms with E-state index >= 15 is 0 Å². The minimum atomic E-state index is -0.106.